The number of hydrogen-bond donors (Lipinski definition) is 10. The molecule has 1 rings (SSSR count). The highest BCUT2D eigenvalue weighted by molar-refractivity contribution is 5.94. The highest BCUT2D eigenvalue weighted by Gasteiger charge is 2.31. The maximum Gasteiger partial charge on any atom is 0.326 e. The van der Waals surface area contributed by atoms with Gasteiger partial charge in [0.05, 0.1) is 12.4 Å². The molecular weight excluding hydrogens is 532 g/mol. The predicted octanol–water partition coefficient (Wildman–Crippen LogP) is -4.00. The van der Waals surface area contributed by atoms with Gasteiger partial charge in [-0.25, -0.2) is 9.78 Å². The van der Waals surface area contributed by atoms with Gasteiger partial charge in [-0.2, -0.15) is 0 Å². The van der Waals surface area contributed by atoms with Crippen LogP contribution in [-0.4, -0.2) is 92.4 Å². The highest BCUT2D eigenvalue weighted by Crippen LogP contribution is 2.06. The Morgan fingerprint density at radius 2 is 1.48 bits per heavy atom. The van der Waals surface area contributed by atoms with E-state index < -0.39 is 66.2 Å². The third-order valence-corrected chi connectivity index (χ3v) is 5.49. The maximum atomic E-state index is 13.1. The van der Waals surface area contributed by atoms with Gasteiger partial charge in [-0.15, -0.1) is 0 Å². The van der Waals surface area contributed by atoms with E-state index in [1.807, 2.05) is 0 Å². The van der Waals surface area contributed by atoms with Crippen LogP contribution in [-0.2, 0) is 35.2 Å². The lowest BCUT2D eigenvalue weighted by Gasteiger charge is -2.25. The standard InChI is InChI=1S/C22H36N10O8/c23-12(3-5-16(24)33)18(36)30-13(2-1-7-28-22(25)26)19(37)31-14(4-6-17(34)35)20(38)32-15(21(39)40)8-11-9-27-10-29-11/h9-10,12-15H,1-8,23H2,(H2,24,33)(H,27,29)(H,30,36)(H,31,37)(H,32,38)(H,34,35)(H,39,40)(H4,25,26,28). The second kappa shape index (κ2) is 17.0. The first kappa shape index (κ1) is 33.3. The predicted molar refractivity (Wildman–Crippen MR) is 139 cm³/mol. The smallest absolute Gasteiger partial charge is 0.326 e. The second-order valence-corrected chi connectivity index (χ2v) is 8.80. The first-order valence-electron chi connectivity index (χ1n) is 12.2. The molecule has 222 valence electrons. The molecule has 4 atom stereocenters. The number of carboxylic acid groups (broad SMARTS) is 2. The number of carbonyl (C=O) groups is 6. The molecule has 18 nitrogen and oxygen atoms in total. The molecular formula is C22H36N10O8. The number of guanidine groups is 1. The lowest BCUT2D eigenvalue weighted by molar-refractivity contribution is -0.143. The van der Waals surface area contributed by atoms with Crippen LogP contribution in [0, 0.1) is 0 Å². The molecule has 1 aromatic heterocycles. The summed E-state index contributed by atoms with van der Waals surface area (Å²) in [7, 11) is 0. The molecule has 0 aromatic carbocycles. The summed E-state index contributed by atoms with van der Waals surface area (Å²) in [6.45, 7) is 0.104. The van der Waals surface area contributed by atoms with E-state index in [1.165, 1.54) is 12.5 Å². The largest absolute Gasteiger partial charge is 0.481 e. The van der Waals surface area contributed by atoms with Crippen molar-refractivity contribution in [2.75, 3.05) is 6.54 Å². The van der Waals surface area contributed by atoms with Crippen molar-refractivity contribution in [2.45, 2.75) is 69.1 Å². The van der Waals surface area contributed by atoms with Crippen molar-refractivity contribution in [3.63, 3.8) is 0 Å². The number of aliphatic carboxylic acids is 2. The van der Waals surface area contributed by atoms with Crippen molar-refractivity contribution < 1.29 is 39.0 Å². The molecule has 1 heterocycles. The number of aromatic amines is 1. The number of amides is 4. The Hall–Kier alpha value is -4.74. The average molecular weight is 569 g/mol. The Morgan fingerprint density at radius 3 is 2.00 bits per heavy atom. The SMILES string of the molecule is NC(=O)CCC(N)C(=O)NC(CCCN=C(N)N)C(=O)NC(CCC(=O)O)C(=O)NC(Cc1cnc[nH]1)C(=O)O. The molecule has 0 fully saturated rings. The van der Waals surface area contributed by atoms with Gasteiger partial charge in [0, 0.05) is 37.7 Å². The Morgan fingerprint density at radius 1 is 0.875 bits per heavy atom. The molecule has 18 heteroatoms. The number of aliphatic imine (C=N–C) groups is 1. The number of primary amides is 1. The van der Waals surface area contributed by atoms with E-state index in [2.05, 4.69) is 30.9 Å². The van der Waals surface area contributed by atoms with Gasteiger partial charge in [-0.1, -0.05) is 0 Å². The van der Waals surface area contributed by atoms with E-state index >= 15 is 0 Å². The van der Waals surface area contributed by atoms with E-state index in [4.69, 9.17) is 28.0 Å². The zero-order valence-corrected chi connectivity index (χ0v) is 21.7. The molecule has 1 aromatic rings. The topological polar surface area (TPSA) is 324 Å². The number of nitrogens with two attached hydrogens (primary N) is 4. The molecule has 0 bridgehead atoms. The lowest BCUT2D eigenvalue weighted by atomic mass is 10.1. The zero-order valence-electron chi connectivity index (χ0n) is 21.7. The molecule has 4 amide bonds. The van der Waals surface area contributed by atoms with E-state index in [9.17, 15) is 33.9 Å². The van der Waals surface area contributed by atoms with Crippen LogP contribution in [0.1, 0.15) is 44.2 Å². The second-order valence-electron chi connectivity index (χ2n) is 8.80. The number of nitrogens with one attached hydrogen (secondary N) is 4. The number of nitrogens with zero attached hydrogens (tertiary/aromatic N) is 2. The van der Waals surface area contributed by atoms with Gasteiger partial charge in [-0.05, 0) is 25.7 Å². The highest BCUT2D eigenvalue weighted by atomic mass is 16.4. The third kappa shape index (κ3) is 13.2. The van der Waals surface area contributed by atoms with Crippen LogP contribution in [0.5, 0.6) is 0 Å². The van der Waals surface area contributed by atoms with Crippen LogP contribution >= 0.6 is 0 Å². The van der Waals surface area contributed by atoms with Gasteiger partial charge in [0.1, 0.15) is 18.1 Å². The number of imidazole rings is 1. The van der Waals surface area contributed by atoms with Crippen LogP contribution in [0.15, 0.2) is 17.5 Å². The summed E-state index contributed by atoms with van der Waals surface area (Å²) in [6, 6.07) is -5.32. The Labute approximate surface area is 228 Å². The van der Waals surface area contributed by atoms with Crippen molar-refractivity contribution in [2.24, 2.45) is 27.9 Å². The Kier molecular flexibility index (Phi) is 14.1. The first-order chi connectivity index (χ1) is 18.8. The zero-order chi connectivity index (χ0) is 30.2. The number of aromatic nitrogens is 2. The van der Waals surface area contributed by atoms with Crippen LogP contribution < -0.4 is 38.9 Å². The molecule has 0 aliphatic carbocycles. The first-order valence-corrected chi connectivity index (χ1v) is 12.2. The molecule has 40 heavy (non-hydrogen) atoms. The summed E-state index contributed by atoms with van der Waals surface area (Å²) >= 11 is 0. The summed E-state index contributed by atoms with van der Waals surface area (Å²) in [4.78, 5) is 82.8. The van der Waals surface area contributed by atoms with Gasteiger partial charge in [0.2, 0.25) is 23.6 Å². The summed E-state index contributed by atoms with van der Waals surface area (Å²) in [5.41, 5.74) is 21.9. The minimum atomic E-state index is -1.46. The van der Waals surface area contributed by atoms with Crippen molar-refractivity contribution >= 4 is 41.5 Å². The molecule has 0 saturated carbocycles. The fraction of sp³-hybridized carbons (Fsp3) is 0.545. The van der Waals surface area contributed by atoms with Gasteiger partial charge in [-0.3, -0.25) is 29.0 Å². The van der Waals surface area contributed by atoms with Crippen LogP contribution in [0.3, 0.4) is 0 Å². The average Bonchev–Trinajstić information content (AvgIpc) is 3.38. The van der Waals surface area contributed by atoms with Crippen LogP contribution in [0.2, 0.25) is 0 Å². The number of carbonyl (C=O) groups excluding carboxylic acids is 4. The number of carboxylic acids is 2. The van der Waals surface area contributed by atoms with Crippen LogP contribution in [0.4, 0.5) is 0 Å². The fourth-order valence-electron chi connectivity index (χ4n) is 3.38. The minimum absolute atomic E-state index is 0.0122. The Bertz CT molecular complexity index is 1060. The van der Waals surface area contributed by atoms with Crippen molar-refractivity contribution in [1.29, 1.82) is 0 Å². The van der Waals surface area contributed by atoms with Gasteiger partial charge in [0.25, 0.3) is 0 Å². The summed E-state index contributed by atoms with van der Waals surface area (Å²) in [6.07, 6.45) is 1.57. The van der Waals surface area contributed by atoms with E-state index in [0.29, 0.717) is 5.69 Å². The molecule has 0 aliphatic rings. The monoisotopic (exact) mass is 568 g/mol. The minimum Gasteiger partial charge on any atom is -0.481 e. The van der Waals surface area contributed by atoms with Gasteiger partial charge < -0.3 is 54.1 Å². The molecule has 4 unspecified atom stereocenters. The number of hydrogen-bond acceptors (Lipinski definition) is 9. The van der Waals surface area contributed by atoms with Crippen molar-refractivity contribution in [3.05, 3.63) is 18.2 Å². The molecule has 0 saturated heterocycles. The Balaban J connectivity index is 3.05. The molecule has 0 aliphatic heterocycles. The van der Waals surface area contributed by atoms with E-state index in [0.717, 1.165) is 0 Å². The van der Waals surface area contributed by atoms with Gasteiger partial charge >= 0.3 is 11.9 Å². The summed E-state index contributed by atoms with van der Waals surface area (Å²) in [5.74, 6) is -6.10. The summed E-state index contributed by atoms with van der Waals surface area (Å²) in [5, 5.41) is 25.7. The molecule has 0 radical (unpaired) electrons. The van der Waals surface area contributed by atoms with E-state index in [-0.39, 0.29) is 51.0 Å². The number of H-pyrrole nitrogens is 1. The van der Waals surface area contributed by atoms with Gasteiger partial charge in [0.15, 0.2) is 5.96 Å². The van der Waals surface area contributed by atoms with Crippen LogP contribution in [0.25, 0.3) is 0 Å². The number of rotatable bonds is 19. The molecule has 0 spiro atoms. The van der Waals surface area contributed by atoms with Crippen molar-refractivity contribution in [3.8, 4) is 0 Å². The lowest BCUT2D eigenvalue weighted by Crippen LogP contribution is -2.57. The normalized spacial score (nSPS) is 13.6. The maximum absolute atomic E-state index is 13.1. The summed E-state index contributed by atoms with van der Waals surface area (Å²) < 4.78 is 0. The van der Waals surface area contributed by atoms with Crippen molar-refractivity contribution in [1.82, 2.24) is 25.9 Å². The third-order valence-electron chi connectivity index (χ3n) is 5.49. The molecule has 14 N–H and O–H groups in total. The fourth-order valence-corrected chi connectivity index (χ4v) is 3.38. The van der Waals surface area contributed by atoms with E-state index in [1.54, 1.807) is 0 Å². The quantitative estimate of drug-likeness (QED) is 0.0433.